The van der Waals surface area contributed by atoms with Crippen LogP contribution >= 0.6 is 11.8 Å². The second kappa shape index (κ2) is 12.6. The summed E-state index contributed by atoms with van der Waals surface area (Å²) in [6, 6.07) is 27.4. The number of hydrogen-bond donors (Lipinski definition) is 0. The minimum Gasteiger partial charge on any atom is -0.488 e. The van der Waals surface area contributed by atoms with Crippen molar-refractivity contribution >= 4 is 39.3 Å². The molecule has 0 aliphatic heterocycles. The van der Waals surface area contributed by atoms with Gasteiger partial charge in [-0.2, -0.15) is 0 Å². The number of carbonyl (C=O) groups is 1. The van der Waals surface area contributed by atoms with Crippen molar-refractivity contribution in [3.63, 3.8) is 0 Å². The van der Waals surface area contributed by atoms with Crippen molar-refractivity contribution in [2.75, 3.05) is 6.61 Å². The summed E-state index contributed by atoms with van der Waals surface area (Å²) in [5.41, 5.74) is 0.409. The quantitative estimate of drug-likeness (QED) is 0.0845. The van der Waals surface area contributed by atoms with E-state index in [-0.39, 0.29) is 12.1 Å². The molecule has 4 heteroatoms. The molecule has 0 amide bonds. The highest BCUT2D eigenvalue weighted by Gasteiger charge is 2.18. The molecule has 0 saturated carbocycles. The van der Waals surface area contributed by atoms with Crippen molar-refractivity contribution < 1.29 is 14.3 Å². The predicted octanol–water partition coefficient (Wildman–Crippen LogP) is 8.98. The Hall–Kier alpha value is -3.24. The van der Waals surface area contributed by atoms with Gasteiger partial charge in [-0.25, -0.2) is 4.79 Å². The molecule has 0 radical (unpaired) electrons. The van der Waals surface area contributed by atoms with E-state index in [1.165, 1.54) is 11.3 Å². The molecule has 36 heavy (non-hydrogen) atoms. The van der Waals surface area contributed by atoms with Gasteiger partial charge in [0.05, 0.1) is 0 Å². The third-order valence-electron chi connectivity index (χ3n) is 6.18. The molecular formula is C32H34O3S. The first-order chi connectivity index (χ1) is 17.5. The molecule has 4 aromatic carbocycles. The summed E-state index contributed by atoms with van der Waals surface area (Å²) in [4.78, 5) is 14.7. The third-order valence-corrected chi connectivity index (χ3v) is 7.18. The van der Waals surface area contributed by atoms with Crippen LogP contribution in [0, 0.1) is 0 Å². The van der Waals surface area contributed by atoms with Crippen LogP contribution in [0.5, 0.6) is 5.75 Å². The van der Waals surface area contributed by atoms with Crippen molar-refractivity contribution in [3.8, 4) is 5.75 Å². The zero-order valence-electron chi connectivity index (χ0n) is 21.2. The van der Waals surface area contributed by atoms with E-state index in [1.54, 1.807) is 18.7 Å². The monoisotopic (exact) mass is 498 g/mol. The second-order valence-corrected chi connectivity index (χ2v) is 10.3. The molecule has 3 nitrogen and oxygen atoms in total. The molecule has 1 unspecified atom stereocenters. The lowest BCUT2D eigenvalue weighted by molar-refractivity contribution is -0.146. The van der Waals surface area contributed by atoms with Crippen molar-refractivity contribution in [2.45, 2.75) is 61.8 Å². The molecule has 0 saturated heterocycles. The predicted molar refractivity (Wildman–Crippen MR) is 151 cm³/mol. The second-order valence-electron chi connectivity index (χ2n) is 9.19. The van der Waals surface area contributed by atoms with Gasteiger partial charge in [-0.3, -0.25) is 0 Å². The van der Waals surface area contributed by atoms with Gasteiger partial charge in [-0.05, 0) is 60.9 Å². The fourth-order valence-electron chi connectivity index (χ4n) is 4.25. The molecule has 0 heterocycles. The van der Waals surface area contributed by atoms with E-state index in [1.807, 2.05) is 18.2 Å². The van der Waals surface area contributed by atoms with Crippen LogP contribution in [0.3, 0.4) is 0 Å². The Morgan fingerprint density at radius 3 is 2.39 bits per heavy atom. The number of ether oxygens (including phenoxy) is 2. The normalized spacial score (nSPS) is 11.9. The lowest BCUT2D eigenvalue weighted by atomic mass is 10.0. The first-order valence-corrected chi connectivity index (χ1v) is 13.5. The summed E-state index contributed by atoms with van der Waals surface area (Å²) in [5, 5.41) is 4.37. The number of carbonyl (C=O) groups excluding carboxylic acids is 1. The Morgan fingerprint density at radius 2 is 1.61 bits per heavy atom. The fourth-order valence-corrected chi connectivity index (χ4v) is 5.13. The molecule has 4 rings (SSSR count). The number of benzene rings is 4. The maximum atomic E-state index is 12.3. The van der Waals surface area contributed by atoms with Gasteiger partial charge in [0.1, 0.15) is 18.5 Å². The zero-order chi connectivity index (χ0) is 25.3. The Labute approximate surface area is 218 Å². The Kier molecular flexibility index (Phi) is 9.07. The zero-order valence-corrected chi connectivity index (χ0v) is 22.0. The van der Waals surface area contributed by atoms with Crippen LogP contribution in [0.2, 0.25) is 0 Å². The summed E-state index contributed by atoms with van der Waals surface area (Å²) in [6.45, 7) is 7.93. The molecule has 0 N–H and O–H groups in total. The van der Waals surface area contributed by atoms with Crippen LogP contribution in [-0.4, -0.2) is 18.7 Å². The minimum atomic E-state index is -0.358. The average molecular weight is 499 g/mol. The molecule has 0 aliphatic rings. The number of rotatable bonds is 12. The molecule has 4 aromatic rings. The van der Waals surface area contributed by atoms with E-state index < -0.39 is 0 Å². The highest BCUT2D eigenvalue weighted by Crippen LogP contribution is 2.38. The number of unbranched alkanes of at least 4 members (excludes halogenated alkanes) is 3. The van der Waals surface area contributed by atoms with Crippen LogP contribution in [0.15, 0.2) is 101 Å². The maximum absolute atomic E-state index is 12.3. The van der Waals surface area contributed by atoms with Crippen LogP contribution < -0.4 is 4.74 Å². The first-order valence-electron chi connectivity index (χ1n) is 12.7. The van der Waals surface area contributed by atoms with Crippen LogP contribution in [-0.2, 0) is 9.53 Å². The van der Waals surface area contributed by atoms with E-state index in [4.69, 9.17) is 9.47 Å². The van der Waals surface area contributed by atoms with Crippen molar-refractivity contribution in [2.24, 2.45) is 0 Å². The maximum Gasteiger partial charge on any atom is 0.333 e. The third kappa shape index (κ3) is 6.70. The minimum absolute atomic E-state index is 0.310. The lowest BCUT2D eigenvalue weighted by Gasteiger charge is -2.20. The highest BCUT2D eigenvalue weighted by atomic mass is 32.2. The average Bonchev–Trinajstić information content (AvgIpc) is 2.89. The fraction of sp³-hybridized carbons (Fsp3) is 0.281. The smallest absolute Gasteiger partial charge is 0.333 e. The van der Waals surface area contributed by atoms with Gasteiger partial charge in [-0.15, -0.1) is 0 Å². The molecule has 1 atom stereocenters. The summed E-state index contributed by atoms with van der Waals surface area (Å²) in [6.07, 6.45) is 4.92. The Morgan fingerprint density at radius 1 is 0.861 bits per heavy atom. The van der Waals surface area contributed by atoms with E-state index in [0.717, 1.165) is 57.9 Å². The van der Waals surface area contributed by atoms with Crippen LogP contribution in [0.25, 0.3) is 21.5 Å². The highest BCUT2D eigenvalue weighted by molar-refractivity contribution is 7.99. The van der Waals surface area contributed by atoms with E-state index in [2.05, 4.69) is 74.2 Å². The van der Waals surface area contributed by atoms with Crippen LogP contribution in [0.1, 0.15) is 46.0 Å². The Balaban J connectivity index is 1.65. The molecular weight excluding hydrogens is 464 g/mol. The molecule has 0 aromatic heterocycles. The molecule has 186 valence electrons. The van der Waals surface area contributed by atoms with Gasteiger partial charge in [0.2, 0.25) is 0 Å². The summed E-state index contributed by atoms with van der Waals surface area (Å²) >= 11 is 1.73. The molecule has 0 aliphatic carbocycles. The SMILES string of the molecule is C=C(C)C(=O)OC(CCCCCC)COc1c2ccccc2cc2ccc(Sc3ccccc3)cc12. The van der Waals surface area contributed by atoms with Crippen molar-refractivity contribution in [3.05, 3.63) is 91.0 Å². The van der Waals surface area contributed by atoms with Gasteiger partial charge in [-0.1, -0.05) is 93.1 Å². The van der Waals surface area contributed by atoms with Crippen LogP contribution in [0.4, 0.5) is 0 Å². The number of esters is 1. The summed E-state index contributed by atoms with van der Waals surface area (Å²) in [5.74, 6) is 0.479. The topological polar surface area (TPSA) is 35.5 Å². The lowest BCUT2D eigenvalue weighted by Crippen LogP contribution is -2.25. The first kappa shape index (κ1) is 25.8. The van der Waals surface area contributed by atoms with Gasteiger partial charge in [0.15, 0.2) is 0 Å². The molecule has 0 fully saturated rings. The van der Waals surface area contributed by atoms with Crippen molar-refractivity contribution in [1.29, 1.82) is 0 Å². The van der Waals surface area contributed by atoms with Gasteiger partial charge in [0, 0.05) is 26.1 Å². The molecule has 0 bridgehead atoms. The number of hydrogen-bond acceptors (Lipinski definition) is 4. The molecule has 0 spiro atoms. The summed E-state index contributed by atoms with van der Waals surface area (Å²) in [7, 11) is 0. The van der Waals surface area contributed by atoms with Gasteiger partial charge >= 0.3 is 5.97 Å². The summed E-state index contributed by atoms with van der Waals surface area (Å²) < 4.78 is 12.3. The number of fused-ring (bicyclic) bond motifs is 2. The van der Waals surface area contributed by atoms with E-state index in [9.17, 15) is 4.79 Å². The standard InChI is InChI=1S/C32H34O3S/c1-4-5-6-8-14-26(35-32(33)23(2)3)22-34-31-29-17-12-11-13-24(29)20-25-18-19-28(21-30(25)31)36-27-15-9-7-10-16-27/h7,9-13,15-21,26H,2,4-6,8,14,22H2,1,3H3. The van der Waals surface area contributed by atoms with E-state index >= 15 is 0 Å². The van der Waals surface area contributed by atoms with E-state index in [0.29, 0.717) is 12.2 Å². The largest absolute Gasteiger partial charge is 0.488 e. The van der Waals surface area contributed by atoms with Gasteiger partial charge in [0.25, 0.3) is 0 Å². The van der Waals surface area contributed by atoms with Crippen molar-refractivity contribution in [1.82, 2.24) is 0 Å². The Bertz CT molecular complexity index is 1330. The van der Waals surface area contributed by atoms with Gasteiger partial charge < -0.3 is 9.47 Å².